The summed E-state index contributed by atoms with van der Waals surface area (Å²) in [4.78, 5) is 23.1. The van der Waals surface area contributed by atoms with Crippen molar-refractivity contribution in [3.63, 3.8) is 0 Å². The lowest BCUT2D eigenvalue weighted by molar-refractivity contribution is 0.0689. The Morgan fingerprint density at radius 1 is 0.466 bits per heavy atom. The second kappa shape index (κ2) is 41.5. The lowest BCUT2D eigenvalue weighted by atomic mass is 10.0. The number of esters is 1. The van der Waals surface area contributed by atoms with Crippen LogP contribution in [-0.4, -0.2) is 40.7 Å². The van der Waals surface area contributed by atoms with Crippen LogP contribution < -0.4 is 4.74 Å². The Balaban J connectivity index is 0.00000113. The van der Waals surface area contributed by atoms with Gasteiger partial charge in [-0.05, 0) is 125 Å². The van der Waals surface area contributed by atoms with Crippen molar-refractivity contribution in [3.8, 4) is 44.9 Å². The Morgan fingerprint density at radius 2 is 0.807 bits per heavy atom. The molecule has 8 aromatic carbocycles. The molecule has 0 atom stereocenters. The summed E-state index contributed by atoms with van der Waals surface area (Å²) in [6, 6.07) is 35.1. The molecule has 1 aliphatic rings. The van der Waals surface area contributed by atoms with Gasteiger partial charge in [0.1, 0.15) is 40.1 Å². The van der Waals surface area contributed by atoms with Gasteiger partial charge in [-0.25, -0.2) is 49.1 Å². The maximum atomic E-state index is 14.6. The van der Waals surface area contributed by atoms with Crippen LogP contribution in [0.25, 0.3) is 33.4 Å². The minimum absolute atomic E-state index is 0. The van der Waals surface area contributed by atoms with Gasteiger partial charge in [0.2, 0.25) is 0 Å². The van der Waals surface area contributed by atoms with Crippen LogP contribution >= 0.6 is 58.0 Å². The van der Waals surface area contributed by atoms with Gasteiger partial charge in [0.15, 0.2) is 34.9 Å². The lowest BCUT2D eigenvalue weighted by Crippen LogP contribution is -2.12. The van der Waals surface area contributed by atoms with Gasteiger partial charge in [-0.3, -0.25) is 0 Å². The molecular weight excluding hydrogens is 1260 g/mol. The highest BCUT2D eigenvalue weighted by Gasteiger charge is 2.22. The standard InChI is InChI=1S/C22H15ClF4O2.C16H14ClFO2.C15H14ClF.C6H3F3O.C4H8O.CH2Cl2.4CH4/c1-2-3-12-4-6-13(7-5-12)14-8-16(23)20(17(24)9-14)22(28)29-15-10-18(25)21(27)19(26)11-15;1-2-3-10-4-6-11(7-5-10)12-8-13(17)15(16(19)20)14(18)9-12;1-2-3-11-4-6-12(7-5-11)13-8-14(16)10-15(17)9-13;7-4-1-3(10)2-5(8)6(4)9;1-2-4-5-3-1;2-1-3;;;;/h4-11H,2-3H2,1H3;4-9H,2-3H2,1H3,(H,19,20);4-10H,2-3H2,1H3;1-2,10H;1-4H2;1H2;4*1H4. The van der Waals surface area contributed by atoms with E-state index < -0.39 is 81.1 Å². The Bertz CT molecular complexity index is 3300. The fraction of sp³-hybridized carbons (Fsp3) is 0.265. The third-order valence-corrected chi connectivity index (χ3v) is 12.6. The summed E-state index contributed by atoms with van der Waals surface area (Å²) in [5.41, 5.74) is 6.92. The Labute approximate surface area is 535 Å². The molecule has 9 rings (SSSR count). The van der Waals surface area contributed by atoms with Crippen molar-refractivity contribution in [1.82, 2.24) is 0 Å². The van der Waals surface area contributed by atoms with Crippen molar-refractivity contribution in [3.05, 3.63) is 235 Å². The summed E-state index contributed by atoms with van der Waals surface area (Å²) in [6.07, 6.45) is 8.74. The molecule has 0 radical (unpaired) electrons. The monoisotopic (exact) mass is 1330 g/mol. The van der Waals surface area contributed by atoms with Crippen LogP contribution in [-0.2, 0) is 24.0 Å². The Hall–Kier alpha value is -6.72. The van der Waals surface area contributed by atoms with Crippen molar-refractivity contribution >= 4 is 69.9 Å². The van der Waals surface area contributed by atoms with E-state index in [-0.39, 0.29) is 50.9 Å². The largest absolute Gasteiger partial charge is 0.508 e. The number of aromatic hydroxyl groups is 1. The predicted molar refractivity (Wildman–Crippen MR) is 342 cm³/mol. The minimum atomic E-state index is -1.71. The first-order chi connectivity index (χ1) is 40.0. The van der Waals surface area contributed by atoms with Crippen molar-refractivity contribution < 1.29 is 68.8 Å². The number of carboxylic acid groups (broad SMARTS) is 1. The van der Waals surface area contributed by atoms with E-state index in [9.17, 15) is 49.1 Å². The summed E-state index contributed by atoms with van der Waals surface area (Å²) in [6.45, 7) is 8.32. The third-order valence-electron chi connectivity index (χ3n) is 11.8. The Kier molecular flexibility index (Phi) is 38.3. The Morgan fingerprint density at radius 3 is 1.11 bits per heavy atom. The van der Waals surface area contributed by atoms with E-state index in [1.54, 1.807) is 6.07 Å². The number of carbonyl (C=O) groups is 2. The highest BCUT2D eigenvalue weighted by Crippen LogP contribution is 2.32. The topological polar surface area (TPSA) is 93.1 Å². The van der Waals surface area contributed by atoms with Crippen LogP contribution in [0.2, 0.25) is 15.1 Å². The molecule has 0 amide bonds. The number of benzene rings is 8. The van der Waals surface area contributed by atoms with Crippen molar-refractivity contribution in [2.45, 2.75) is 102 Å². The van der Waals surface area contributed by atoms with Gasteiger partial charge in [0.05, 0.1) is 15.4 Å². The molecule has 1 aliphatic heterocycles. The van der Waals surface area contributed by atoms with Crippen LogP contribution in [0.3, 0.4) is 0 Å². The normalized spacial score (nSPS) is 10.7. The number of phenolic OH excluding ortho intramolecular Hbond substituents is 1. The van der Waals surface area contributed by atoms with Gasteiger partial charge in [0.25, 0.3) is 0 Å². The highest BCUT2D eigenvalue weighted by atomic mass is 35.5. The summed E-state index contributed by atoms with van der Waals surface area (Å²) in [7, 11) is 0. The number of halogens is 14. The molecule has 0 aliphatic carbocycles. The summed E-state index contributed by atoms with van der Waals surface area (Å²) >= 11 is 27.3. The second-order valence-electron chi connectivity index (χ2n) is 18.2. The molecule has 1 saturated heterocycles. The van der Waals surface area contributed by atoms with E-state index in [1.165, 1.54) is 54.3 Å². The van der Waals surface area contributed by atoms with Gasteiger partial charge in [0, 0.05) is 42.5 Å². The number of aryl methyl sites for hydroxylation is 3. The van der Waals surface area contributed by atoms with E-state index in [0.717, 1.165) is 80.1 Å². The van der Waals surface area contributed by atoms with Crippen LogP contribution in [0, 0.1) is 52.4 Å². The number of hydrogen-bond donors (Lipinski definition) is 2. The van der Waals surface area contributed by atoms with Crippen molar-refractivity contribution in [1.29, 1.82) is 0 Å². The van der Waals surface area contributed by atoms with E-state index in [1.807, 2.05) is 60.7 Å². The second-order valence-corrected chi connectivity index (χ2v) is 20.2. The number of carboxylic acids is 1. The van der Waals surface area contributed by atoms with E-state index >= 15 is 0 Å². The molecule has 0 unspecified atom stereocenters. The lowest BCUT2D eigenvalue weighted by Gasteiger charge is -2.10. The zero-order valence-corrected chi connectivity index (χ0v) is 49.2. The summed E-state index contributed by atoms with van der Waals surface area (Å²) in [5, 5.41) is 17.7. The highest BCUT2D eigenvalue weighted by molar-refractivity contribution is 6.40. The third kappa shape index (κ3) is 25.8. The maximum absolute atomic E-state index is 14.6. The molecule has 2 N–H and O–H groups in total. The van der Waals surface area contributed by atoms with E-state index in [2.05, 4.69) is 32.9 Å². The fourth-order valence-electron chi connectivity index (χ4n) is 7.86. The number of alkyl halides is 2. The van der Waals surface area contributed by atoms with Crippen LogP contribution in [0.1, 0.15) is 120 Å². The molecule has 20 heteroatoms. The van der Waals surface area contributed by atoms with E-state index in [0.29, 0.717) is 46.0 Å². The zero-order chi connectivity index (χ0) is 62.0. The average molecular weight is 1330 g/mol. The first-order valence-electron chi connectivity index (χ1n) is 25.9. The molecule has 1 fully saturated rings. The van der Waals surface area contributed by atoms with Crippen LogP contribution in [0.5, 0.6) is 11.5 Å². The number of ether oxygens (including phenoxy) is 2. The first-order valence-corrected chi connectivity index (χ1v) is 28.1. The van der Waals surface area contributed by atoms with Gasteiger partial charge in [-0.1, -0.05) is 177 Å². The predicted octanol–water partition coefficient (Wildman–Crippen LogP) is 23.2. The maximum Gasteiger partial charge on any atom is 0.348 e. The fourth-order valence-corrected chi connectivity index (χ4v) is 8.65. The zero-order valence-electron chi connectivity index (χ0n) is 45.4. The number of phenols is 1. The smallest absolute Gasteiger partial charge is 0.348 e. The van der Waals surface area contributed by atoms with Crippen molar-refractivity contribution in [2.24, 2.45) is 0 Å². The number of hydrogen-bond acceptors (Lipinski definition) is 5. The van der Waals surface area contributed by atoms with Crippen molar-refractivity contribution in [2.75, 3.05) is 18.6 Å². The summed E-state index contributed by atoms with van der Waals surface area (Å²) in [5.74, 6) is -15.1. The molecule has 478 valence electrons. The van der Waals surface area contributed by atoms with Gasteiger partial charge in [-0.15, -0.1) is 23.2 Å². The van der Waals surface area contributed by atoms with Gasteiger partial charge < -0.3 is 19.7 Å². The molecular formula is C68H72Cl5F9O6. The quantitative estimate of drug-likeness (QED) is 0.0416. The minimum Gasteiger partial charge on any atom is -0.508 e. The first kappa shape index (κ1) is 81.3. The number of carbonyl (C=O) groups excluding carboxylic acids is 1. The number of rotatable bonds is 12. The molecule has 0 spiro atoms. The van der Waals surface area contributed by atoms with Gasteiger partial charge >= 0.3 is 11.9 Å². The molecule has 0 aromatic heterocycles. The van der Waals surface area contributed by atoms with Crippen LogP contribution in [0.15, 0.2) is 140 Å². The molecule has 88 heavy (non-hydrogen) atoms. The molecule has 8 aromatic rings. The molecule has 0 saturated carbocycles. The average Bonchev–Trinajstić information content (AvgIpc) is 4.12. The van der Waals surface area contributed by atoms with Crippen LogP contribution in [0.4, 0.5) is 39.5 Å². The van der Waals surface area contributed by atoms with Gasteiger partial charge in [-0.2, -0.15) is 0 Å². The SMILES string of the molecule is C.C.C.C.C1CCOC1.CCCc1ccc(-c2cc(F)c(C(=O)O)c(Cl)c2)cc1.CCCc1ccc(-c2cc(F)c(C(=O)Oc3cc(F)c(F)c(F)c3)c(Cl)c2)cc1.CCCc1ccc(-c2cc(F)cc(Cl)c2)cc1.ClCCl.Oc1cc(F)c(F)c(F)c1. The van der Waals surface area contributed by atoms with E-state index in [4.69, 9.17) is 77.7 Å². The molecule has 1 heterocycles. The number of aromatic carboxylic acids is 1. The molecule has 0 bridgehead atoms. The molecule has 6 nitrogen and oxygen atoms in total. The summed E-state index contributed by atoms with van der Waals surface area (Å²) < 4.78 is 127.